The fraction of sp³-hybridized carbons (Fsp3) is 0.500. The first-order valence-electron chi connectivity index (χ1n) is 7.34. The third kappa shape index (κ3) is 3.50. The maximum Gasteiger partial charge on any atom is 0.317 e. The predicted molar refractivity (Wildman–Crippen MR) is 84.9 cm³/mol. The molecule has 0 bridgehead atoms. The summed E-state index contributed by atoms with van der Waals surface area (Å²) in [7, 11) is 3.93. The zero-order valence-corrected chi connectivity index (χ0v) is 13.3. The fourth-order valence-corrected chi connectivity index (χ4v) is 2.54. The quantitative estimate of drug-likeness (QED) is 0.889. The second-order valence-corrected chi connectivity index (χ2v) is 6.26. The lowest BCUT2D eigenvalue weighted by molar-refractivity contribution is -0.146. The Kier molecular flexibility index (Phi) is 4.59. The van der Waals surface area contributed by atoms with Gasteiger partial charge in [0.15, 0.2) is 0 Å². The van der Waals surface area contributed by atoms with Crippen molar-refractivity contribution in [3.63, 3.8) is 0 Å². The molecule has 1 aliphatic rings. The minimum absolute atomic E-state index is 0.208. The number of hydrogen-bond donors (Lipinski definition) is 2. The van der Waals surface area contributed by atoms with Crippen LogP contribution in [0.2, 0.25) is 0 Å². The van der Waals surface area contributed by atoms with Gasteiger partial charge in [0.25, 0.3) is 0 Å². The SMILES string of the molecule is CN(C)c1cccc(CNC(=O)N2CCC(C)(C(=O)O)C2)c1. The second kappa shape index (κ2) is 6.25. The maximum absolute atomic E-state index is 12.2. The highest BCUT2D eigenvalue weighted by molar-refractivity contribution is 5.79. The minimum atomic E-state index is -0.846. The molecule has 22 heavy (non-hydrogen) atoms. The number of carboxylic acid groups (broad SMARTS) is 1. The van der Waals surface area contributed by atoms with Crippen LogP contribution >= 0.6 is 0 Å². The van der Waals surface area contributed by atoms with E-state index in [9.17, 15) is 14.7 Å². The third-order valence-electron chi connectivity index (χ3n) is 4.15. The molecule has 1 aromatic rings. The van der Waals surface area contributed by atoms with Gasteiger partial charge in [-0.15, -0.1) is 0 Å². The first-order valence-corrected chi connectivity index (χ1v) is 7.34. The van der Waals surface area contributed by atoms with E-state index in [0.29, 0.717) is 19.5 Å². The number of nitrogens with zero attached hydrogens (tertiary/aromatic N) is 2. The van der Waals surface area contributed by atoms with Crippen LogP contribution in [0.3, 0.4) is 0 Å². The highest BCUT2D eigenvalue weighted by atomic mass is 16.4. The van der Waals surface area contributed by atoms with Crippen molar-refractivity contribution in [1.82, 2.24) is 10.2 Å². The van der Waals surface area contributed by atoms with E-state index in [1.54, 1.807) is 11.8 Å². The number of nitrogens with one attached hydrogen (secondary N) is 1. The van der Waals surface area contributed by atoms with Gasteiger partial charge in [0.1, 0.15) is 0 Å². The summed E-state index contributed by atoms with van der Waals surface area (Å²) in [5, 5.41) is 12.1. The molecule has 6 heteroatoms. The largest absolute Gasteiger partial charge is 0.481 e. The molecule has 0 saturated carbocycles. The van der Waals surface area contributed by atoms with Crippen molar-refractivity contribution >= 4 is 17.7 Å². The third-order valence-corrected chi connectivity index (χ3v) is 4.15. The molecule has 0 aromatic heterocycles. The van der Waals surface area contributed by atoms with Gasteiger partial charge in [0.2, 0.25) is 0 Å². The van der Waals surface area contributed by atoms with E-state index in [0.717, 1.165) is 11.3 Å². The van der Waals surface area contributed by atoms with Gasteiger partial charge >= 0.3 is 12.0 Å². The number of likely N-dealkylation sites (tertiary alicyclic amines) is 1. The zero-order chi connectivity index (χ0) is 16.3. The van der Waals surface area contributed by atoms with E-state index < -0.39 is 11.4 Å². The number of urea groups is 1. The summed E-state index contributed by atoms with van der Waals surface area (Å²) in [6.45, 7) is 2.85. The second-order valence-electron chi connectivity index (χ2n) is 6.26. The van der Waals surface area contributed by atoms with Crippen LogP contribution in [0.5, 0.6) is 0 Å². The number of carbonyl (C=O) groups excluding carboxylic acids is 1. The number of rotatable bonds is 4. The zero-order valence-electron chi connectivity index (χ0n) is 13.3. The van der Waals surface area contributed by atoms with Crippen molar-refractivity contribution < 1.29 is 14.7 Å². The van der Waals surface area contributed by atoms with E-state index in [2.05, 4.69) is 5.32 Å². The molecule has 2 amide bonds. The van der Waals surface area contributed by atoms with Gasteiger partial charge in [-0.2, -0.15) is 0 Å². The van der Waals surface area contributed by atoms with Gasteiger partial charge in [0, 0.05) is 39.4 Å². The van der Waals surface area contributed by atoms with Crippen LogP contribution in [0.4, 0.5) is 10.5 Å². The van der Waals surface area contributed by atoms with Gasteiger partial charge in [-0.1, -0.05) is 12.1 Å². The summed E-state index contributed by atoms with van der Waals surface area (Å²) in [6, 6.07) is 7.72. The number of carboxylic acids is 1. The fourth-order valence-electron chi connectivity index (χ4n) is 2.54. The smallest absolute Gasteiger partial charge is 0.317 e. The number of hydrogen-bond acceptors (Lipinski definition) is 3. The number of carbonyl (C=O) groups is 2. The summed E-state index contributed by atoms with van der Waals surface area (Å²) < 4.78 is 0. The van der Waals surface area contributed by atoms with E-state index in [-0.39, 0.29) is 12.6 Å². The molecule has 1 heterocycles. The van der Waals surface area contributed by atoms with Crippen LogP contribution in [0.25, 0.3) is 0 Å². The highest BCUT2D eigenvalue weighted by Gasteiger charge is 2.42. The lowest BCUT2D eigenvalue weighted by atomic mass is 9.90. The van der Waals surface area contributed by atoms with E-state index in [4.69, 9.17) is 0 Å². The molecule has 1 unspecified atom stereocenters. The van der Waals surface area contributed by atoms with Crippen molar-refractivity contribution in [2.75, 3.05) is 32.1 Å². The topological polar surface area (TPSA) is 72.9 Å². The van der Waals surface area contributed by atoms with E-state index in [1.807, 2.05) is 43.3 Å². The number of anilines is 1. The Morgan fingerprint density at radius 3 is 2.73 bits per heavy atom. The lowest BCUT2D eigenvalue weighted by Gasteiger charge is -2.20. The number of aliphatic carboxylic acids is 1. The van der Waals surface area contributed by atoms with Crippen molar-refractivity contribution in [3.05, 3.63) is 29.8 Å². The molecule has 1 aliphatic heterocycles. The minimum Gasteiger partial charge on any atom is -0.481 e. The standard InChI is InChI=1S/C16H23N3O3/c1-16(14(20)21)7-8-19(11-16)15(22)17-10-12-5-4-6-13(9-12)18(2)3/h4-6,9H,7-8,10-11H2,1-3H3,(H,17,22)(H,20,21). The van der Waals surface area contributed by atoms with E-state index in [1.165, 1.54) is 0 Å². The van der Waals surface area contributed by atoms with Crippen LogP contribution < -0.4 is 10.2 Å². The monoisotopic (exact) mass is 305 g/mol. The Morgan fingerprint density at radius 2 is 2.14 bits per heavy atom. The molecule has 1 saturated heterocycles. The normalized spacial score (nSPS) is 20.8. The van der Waals surface area contributed by atoms with Crippen LogP contribution in [0.1, 0.15) is 18.9 Å². The maximum atomic E-state index is 12.2. The Balaban J connectivity index is 1.91. The highest BCUT2D eigenvalue weighted by Crippen LogP contribution is 2.30. The Hall–Kier alpha value is -2.24. The molecule has 1 fully saturated rings. The molecule has 0 radical (unpaired) electrons. The average Bonchev–Trinajstić information content (AvgIpc) is 2.89. The molecule has 0 aliphatic carbocycles. The Bertz CT molecular complexity index is 574. The molecule has 2 N–H and O–H groups in total. The Morgan fingerprint density at radius 1 is 1.41 bits per heavy atom. The first kappa shape index (κ1) is 16.1. The predicted octanol–water partition coefficient (Wildman–Crippen LogP) is 1.76. The van der Waals surface area contributed by atoms with Crippen molar-refractivity contribution in [2.24, 2.45) is 5.41 Å². The first-order chi connectivity index (χ1) is 10.3. The summed E-state index contributed by atoms with van der Waals surface area (Å²) in [5.41, 5.74) is 1.26. The summed E-state index contributed by atoms with van der Waals surface area (Å²) in [6.07, 6.45) is 0.492. The molecule has 0 spiro atoms. The van der Waals surface area contributed by atoms with Crippen LogP contribution in [-0.2, 0) is 11.3 Å². The Labute approximate surface area is 130 Å². The van der Waals surface area contributed by atoms with Crippen LogP contribution in [-0.4, -0.2) is 49.2 Å². The summed E-state index contributed by atoms with van der Waals surface area (Å²) >= 11 is 0. The van der Waals surface area contributed by atoms with Gasteiger partial charge in [0.05, 0.1) is 5.41 Å². The lowest BCUT2D eigenvalue weighted by Crippen LogP contribution is -2.40. The molecule has 120 valence electrons. The number of benzene rings is 1. The summed E-state index contributed by atoms with van der Waals surface area (Å²) in [5.74, 6) is -0.846. The number of amides is 2. The van der Waals surface area contributed by atoms with Crippen molar-refractivity contribution in [2.45, 2.75) is 19.9 Å². The summed E-state index contributed by atoms with van der Waals surface area (Å²) in [4.78, 5) is 26.9. The molecular formula is C16H23N3O3. The molecule has 1 atom stereocenters. The van der Waals surface area contributed by atoms with Crippen LogP contribution in [0.15, 0.2) is 24.3 Å². The van der Waals surface area contributed by atoms with Crippen molar-refractivity contribution in [1.29, 1.82) is 0 Å². The van der Waals surface area contributed by atoms with Crippen LogP contribution in [0, 0.1) is 5.41 Å². The molecule has 1 aromatic carbocycles. The van der Waals surface area contributed by atoms with Crippen molar-refractivity contribution in [3.8, 4) is 0 Å². The van der Waals surface area contributed by atoms with Gasteiger partial charge < -0.3 is 20.2 Å². The van der Waals surface area contributed by atoms with Gasteiger partial charge in [-0.3, -0.25) is 4.79 Å². The van der Waals surface area contributed by atoms with Gasteiger partial charge in [-0.25, -0.2) is 4.79 Å². The molecular weight excluding hydrogens is 282 g/mol. The van der Waals surface area contributed by atoms with E-state index >= 15 is 0 Å². The molecule has 6 nitrogen and oxygen atoms in total. The molecule has 2 rings (SSSR count). The van der Waals surface area contributed by atoms with Gasteiger partial charge in [-0.05, 0) is 31.0 Å². The average molecular weight is 305 g/mol.